The Labute approximate surface area is 132 Å². The van der Waals surface area contributed by atoms with Gasteiger partial charge in [-0.25, -0.2) is 9.18 Å². The first-order valence-electron chi connectivity index (χ1n) is 6.93. The highest BCUT2D eigenvalue weighted by Gasteiger charge is 2.23. The van der Waals surface area contributed by atoms with E-state index >= 15 is 0 Å². The fraction of sp³-hybridized carbons (Fsp3) is 0.235. The molecular weight excluding hydrogens is 303 g/mol. The first-order chi connectivity index (χ1) is 11.1. The van der Waals surface area contributed by atoms with Gasteiger partial charge in [0, 0.05) is 12.7 Å². The monoisotopic (exact) mass is 318 g/mol. The highest BCUT2D eigenvalue weighted by atomic mass is 19.1. The van der Waals surface area contributed by atoms with Gasteiger partial charge in [0.15, 0.2) is 6.79 Å². The van der Waals surface area contributed by atoms with Crippen LogP contribution in [0.15, 0.2) is 30.3 Å². The number of hydrogen-bond acceptors (Lipinski definition) is 5. The maximum Gasteiger partial charge on any atom is 0.340 e. The largest absolute Gasteiger partial charge is 0.488 e. The van der Waals surface area contributed by atoms with Crippen molar-refractivity contribution < 1.29 is 28.1 Å². The minimum Gasteiger partial charge on any atom is -0.488 e. The lowest BCUT2D eigenvalue weighted by Gasteiger charge is -2.22. The average molecular weight is 318 g/mol. The van der Waals surface area contributed by atoms with Gasteiger partial charge in [-0.15, -0.1) is 0 Å². The third-order valence-corrected chi connectivity index (χ3v) is 3.57. The molecule has 0 aromatic heterocycles. The van der Waals surface area contributed by atoms with Gasteiger partial charge in [0.2, 0.25) is 0 Å². The maximum absolute atomic E-state index is 14.2. The number of hydrogen-bond donors (Lipinski definition) is 0. The Hall–Kier alpha value is -2.60. The lowest BCUT2D eigenvalue weighted by atomic mass is 9.95. The van der Waals surface area contributed by atoms with Crippen LogP contribution in [-0.2, 0) is 16.1 Å². The standard InChI is InChI=1S/C17H15FO5/c1-20-9-23-11-4-3-10-8-22-16-7-14(17(19)21-2)15(18)6-13(16)12(10)5-11/h3-7H,8-9H2,1-2H3. The summed E-state index contributed by atoms with van der Waals surface area (Å²) in [7, 11) is 2.74. The van der Waals surface area contributed by atoms with Crippen molar-refractivity contribution in [2.45, 2.75) is 6.61 Å². The van der Waals surface area contributed by atoms with E-state index in [1.54, 1.807) is 12.1 Å². The van der Waals surface area contributed by atoms with Crippen LogP contribution >= 0.6 is 0 Å². The summed E-state index contributed by atoms with van der Waals surface area (Å²) in [5.74, 6) is -0.355. The molecule has 0 unspecified atom stereocenters. The Morgan fingerprint density at radius 1 is 1.22 bits per heavy atom. The smallest absolute Gasteiger partial charge is 0.340 e. The molecule has 0 amide bonds. The molecule has 120 valence electrons. The van der Waals surface area contributed by atoms with E-state index in [0.717, 1.165) is 11.1 Å². The molecule has 0 saturated heterocycles. The van der Waals surface area contributed by atoms with Gasteiger partial charge >= 0.3 is 5.97 Å². The van der Waals surface area contributed by atoms with Crippen LogP contribution in [0.25, 0.3) is 11.1 Å². The molecule has 0 spiro atoms. The second kappa shape index (κ2) is 6.26. The first kappa shape index (κ1) is 15.3. The average Bonchev–Trinajstić information content (AvgIpc) is 2.58. The molecule has 6 heteroatoms. The summed E-state index contributed by atoms with van der Waals surface area (Å²) in [5, 5.41) is 0. The number of methoxy groups -OCH3 is 2. The number of benzene rings is 2. The lowest BCUT2D eigenvalue weighted by Crippen LogP contribution is -2.10. The molecule has 1 aliphatic rings. The fourth-order valence-electron chi connectivity index (χ4n) is 2.45. The van der Waals surface area contributed by atoms with E-state index in [9.17, 15) is 9.18 Å². The third-order valence-electron chi connectivity index (χ3n) is 3.57. The van der Waals surface area contributed by atoms with Crippen LogP contribution in [0.5, 0.6) is 11.5 Å². The molecule has 2 aromatic carbocycles. The predicted molar refractivity (Wildman–Crippen MR) is 80.0 cm³/mol. The van der Waals surface area contributed by atoms with Crippen molar-refractivity contribution in [3.8, 4) is 22.6 Å². The summed E-state index contributed by atoms with van der Waals surface area (Å²) in [4.78, 5) is 11.6. The molecule has 0 aliphatic carbocycles. The van der Waals surface area contributed by atoms with E-state index in [1.807, 2.05) is 6.07 Å². The van der Waals surface area contributed by atoms with Crippen molar-refractivity contribution in [1.82, 2.24) is 0 Å². The molecule has 1 heterocycles. The van der Waals surface area contributed by atoms with E-state index in [1.165, 1.54) is 26.4 Å². The quantitative estimate of drug-likeness (QED) is 0.640. The van der Waals surface area contributed by atoms with Crippen molar-refractivity contribution in [3.63, 3.8) is 0 Å². The molecule has 23 heavy (non-hydrogen) atoms. The van der Waals surface area contributed by atoms with Crippen LogP contribution in [0.3, 0.4) is 0 Å². The summed E-state index contributed by atoms with van der Waals surface area (Å²) in [6.45, 7) is 0.455. The minimum absolute atomic E-state index is 0.123. The first-order valence-corrected chi connectivity index (χ1v) is 6.93. The molecule has 0 atom stereocenters. The van der Waals surface area contributed by atoms with Gasteiger partial charge in [0.1, 0.15) is 23.9 Å². The van der Waals surface area contributed by atoms with E-state index < -0.39 is 11.8 Å². The van der Waals surface area contributed by atoms with E-state index in [-0.39, 0.29) is 12.4 Å². The highest BCUT2D eigenvalue weighted by Crippen LogP contribution is 2.40. The van der Waals surface area contributed by atoms with Gasteiger partial charge in [-0.3, -0.25) is 0 Å². The summed E-state index contributed by atoms with van der Waals surface area (Å²) in [6.07, 6.45) is 0. The summed E-state index contributed by atoms with van der Waals surface area (Å²) < 4.78 is 34.7. The second-order valence-electron chi connectivity index (χ2n) is 4.98. The Balaban J connectivity index is 2.05. The van der Waals surface area contributed by atoms with Crippen LogP contribution in [0.2, 0.25) is 0 Å². The van der Waals surface area contributed by atoms with Gasteiger partial charge < -0.3 is 18.9 Å². The van der Waals surface area contributed by atoms with Gasteiger partial charge in [0.05, 0.1) is 12.7 Å². The molecule has 0 bridgehead atoms. The Morgan fingerprint density at radius 3 is 2.78 bits per heavy atom. The zero-order chi connectivity index (χ0) is 16.4. The second-order valence-corrected chi connectivity index (χ2v) is 4.98. The van der Waals surface area contributed by atoms with Crippen LogP contribution in [0.1, 0.15) is 15.9 Å². The van der Waals surface area contributed by atoms with Crippen molar-refractivity contribution in [3.05, 3.63) is 47.3 Å². The van der Waals surface area contributed by atoms with Crippen LogP contribution in [-0.4, -0.2) is 27.0 Å². The third kappa shape index (κ3) is 2.85. The molecular formula is C17H15FO5. The molecule has 0 radical (unpaired) electrons. The van der Waals surface area contributed by atoms with Gasteiger partial charge in [0.25, 0.3) is 0 Å². The zero-order valence-corrected chi connectivity index (χ0v) is 12.7. The molecule has 0 saturated carbocycles. The van der Waals surface area contributed by atoms with Crippen molar-refractivity contribution in [2.24, 2.45) is 0 Å². The van der Waals surface area contributed by atoms with Crippen LogP contribution in [0.4, 0.5) is 4.39 Å². The molecule has 0 N–H and O–H groups in total. The van der Waals surface area contributed by atoms with Crippen molar-refractivity contribution in [2.75, 3.05) is 21.0 Å². The number of ether oxygens (including phenoxy) is 4. The molecule has 0 fully saturated rings. The van der Waals surface area contributed by atoms with E-state index in [0.29, 0.717) is 23.7 Å². The number of carbonyl (C=O) groups excluding carboxylic acids is 1. The molecule has 2 aromatic rings. The van der Waals surface area contributed by atoms with Gasteiger partial charge in [-0.05, 0) is 35.4 Å². The summed E-state index contributed by atoms with van der Waals surface area (Å²) >= 11 is 0. The van der Waals surface area contributed by atoms with Crippen LogP contribution < -0.4 is 9.47 Å². The molecule has 5 nitrogen and oxygen atoms in total. The van der Waals surface area contributed by atoms with Gasteiger partial charge in [-0.2, -0.15) is 0 Å². The number of esters is 1. The van der Waals surface area contributed by atoms with E-state index in [2.05, 4.69) is 4.74 Å². The number of fused-ring (bicyclic) bond motifs is 3. The fourth-order valence-corrected chi connectivity index (χ4v) is 2.45. The predicted octanol–water partition coefficient (Wildman–Crippen LogP) is 3.15. The highest BCUT2D eigenvalue weighted by molar-refractivity contribution is 5.92. The molecule has 1 aliphatic heterocycles. The summed E-state index contributed by atoms with van der Waals surface area (Å²) in [5.41, 5.74) is 2.13. The van der Waals surface area contributed by atoms with Gasteiger partial charge in [-0.1, -0.05) is 6.07 Å². The van der Waals surface area contributed by atoms with E-state index in [4.69, 9.17) is 14.2 Å². The summed E-state index contributed by atoms with van der Waals surface area (Å²) in [6, 6.07) is 8.09. The van der Waals surface area contributed by atoms with Crippen molar-refractivity contribution in [1.29, 1.82) is 0 Å². The van der Waals surface area contributed by atoms with Crippen LogP contribution in [0, 0.1) is 5.82 Å². The Kier molecular flexibility index (Phi) is 4.16. The maximum atomic E-state index is 14.2. The number of rotatable bonds is 4. The zero-order valence-electron chi connectivity index (χ0n) is 12.7. The Bertz CT molecular complexity index is 757. The lowest BCUT2D eigenvalue weighted by molar-refractivity contribution is 0.0511. The minimum atomic E-state index is -0.739. The normalized spacial score (nSPS) is 12.0. The van der Waals surface area contributed by atoms with Crippen molar-refractivity contribution >= 4 is 5.97 Å². The number of halogens is 1. The Morgan fingerprint density at radius 2 is 2.04 bits per heavy atom. The molecule has 3 rings (SSSR count). The number of carbonyl (C=O) groups is 1. The SMILES string of the molecule is COCOc1ccc2c(c1)-c1cc(F)c(C(=O)OC)cc1OC2. The topological polar surface area (TPSA) is 54.0 Å².